The van der Waals surface area contributed by atoms with Crippen LogP contribution in [0.25, 0.3) is 11.2 Å². The number of halogens is 1. The highest BCUT2D eigenvalue weighted by atomic mass is 127. The van der Waals surface area contributed by atoms with Crippen LogP contribution in [0.4, 0.5) is 0 Å². The molecular weight excluding hydrogens is 347 g/mol. The normalized spacial score (nSPS) is 11.5. The van der Waals surface area contributed by atoms with E-state index in [0.717, 1.165) is 21.5 Å². The van der Waals surface area contributed by atoms with Gasteiger partial charge in [0, 0.05) is 15.4 Å². The predicted octanol–water partition coefficient (Wildman–Crippen LogP) is 1.89. The number of nitrogens with zero attached hydrogens (tertiary/aromatic N) is 4. The zero-order chi connectivity index (χ0) is 12.3. The molecule has 2 aromatic rings. The number of aromatic nitrogens is 4. The van der Waals surface area contributed by atoms with Gasteiger partial charge in [-0.1, -0.05) is 13.1 Å². The second-order valence-corrected chi connectivity index (χ2v) is 8.66. The molecule has 17 heavy (non-hydrogen) atoms. The summed E-state index contributed by atoms with van der Waals surface area (Å²) in [4.78, 5) is 12.6. The second-order valence-electron chi connectivity index (χ2n) is 4.27. The standard InChI is InChI=1S/C10H15IN4OSi/c1-17(2)4-3-16-7-15-6-14-8-9(11)12-5-13-10(8)15/h5-6,17H,3-4,7H2,1-2H3. The van der Waals surface area contributed by atoms with Crippen LogP contribution >= 0.6 is 22.6 Å². The number of hydrogen-bond donors (Lipinski definition) is 0. The van der Waals surface area contributed by atoms with Crippen molar-refractivity contribution in [3.63, 3.8) is 0 Å². The first-order valence-corrected chi connectivity index (χ1v) is 9.78. The molecule has 0 N–H and O–H groups in total. The van der Waals surface area contributed by atoms with Gasteiger partial charge < -0.3 is 4.74 Å². The van der Waals surface area contributed by atoms with Gasteiger partial charge in [0.25, 0.3) is 0 Å². The number of fused-ring (bicyclic) bond motifs is 1. The summed E-state index contributed by atoms with van der Waals surface area (Å²) in [7, 11) is -0.515. The van der Waals surface area contributed by atoms with Crippen LogP contribution in [0.15, 0.2) is 12.7 Å². The third-order valence-electron chi connectivity index (χ3n) is 2.43. The maximum atomic E-state index is 5.63. The molecule has 0 fully saturated rings. The fourth-order valence-electron chi connectivity index (χ4n) is 1.43. The number of imidazole rings is 1. The molecule has 92 valence electrons. The largest absolute Gasteiger partial charge is 0.361 e. The highest BCUT2D eigenvalue weighted by Gasteiger charge is 2.07. The predicted molar refractivity (Wildman–Crippen MR) is 77.7 cm³/mol. The van der Waals surface area contributed by atoms with Crippen LogP contribution in [0.2, 0.25) is 19.1 Å². The Morgan fingerprint density at radius 1 is 1.35 bits per heavy atom. The van der Waals surface area contributed by atoms with E-state index in [0.29, 0.717) is 6.73 Å². The van der Waals surface area contributed by atoms with Gasteiger partial charge in [0.15, 0.2) is 5.65 Å². The summed E-state index contributed by atoms with van der Waals surface area (Å²) in [5.74, 6) is 0. The SMILES string of the molecule is C[SiH](C)CCOCn1cnc2c(I)ncnc21. The Labute approximate surface area is 115 Å². The Hall–Kier alpha value is -0.543. The average molecular weight is 362 g/mol. The lowest BCUT2D eigenvalue weighted by Gasteiger charge is -2.06. The van der Waals surface area contributed by atoms with E-state index in [1.165, 1.54) is 6.04 Å². The van der Waals surface area contributed by atoms with Gasteiger partial charge in [-0.3, -0.25) is 4.57 Å². The van der Waals surface area contributed by atoms with Crippen molar-refractivity contribution in [2.45, 2.75) is 25.9 Å². The van der Waals surface area contributed by atoms with Gasteiger partial charge >= 0.3 is 0 Å². The molecule has 0 aliphatic carbocycles. The molecule has 5 nitrogen and oxygen atoms in total. The first-order valence-electron chi connectivity index (χ1n) is 5.57. The Balaban J connectivity index is 2.02. The minimum absolute atomic E-state index is 0.515. The van der Waals surface area contributed by atoms with Crippen LogP contribution in [0.3, 0.4) is 0 Å². The molecule has 0 aliphatic rings. The summed E-state index contributed by atoms with van der Waals surface area (Å²) in [5, 5.41) is 0. The van der Waals surface area contributed by atoms with Gasteiger partial charge in [0.1, 0.15) is 22.3 Å². The summed E-state index contributed by atoms with van der Waals surface area (Å²) in [6.07, 6.45) is 3.32. The molecule has 2 rings (SSSR count). The van der Waals surface area contributed by atoms with Crippen LogP contribution in [0.1, 0.15) is 0 Å². The minimum atomic E-state index is -0.515. The lowest BCUT2D eigenvalue weighted by atomic mass is 10.6. The van der Waals surface area contributed by atoms with Crippen molar-refractivity contribution in [2.24, 2.45) is 0 Å². The van der Waals surface area contributed by atoms with Crippen LogP contribution in [-0.2, 0) is 11.5 Å². The van der Waals surface area contributed by atoms with Crippen molar-refractivity contribution >= 4 is 42.6 Å². The smallest absolute Gasteiger partial charge is 0.166 e. The minimum Gasteiger partial charge on any atom is -0.361 e. The molecule has 0 amide bonds. The number of hydrogen-bond acceptors (Lipinski definition) is 4. The molecule has 0 saturated heterocycles. The number of rotatable bonds is 5. The van der Waals surface area contributed by atoms with Gasteiger partial charge in [-0.05, 0) is 28.6 Å². The van der Waals surface area contributed by atoms with E-state index in [2.05, 4.69) is 50.6 Å². The van der Waals surface area contributed by atoms with E-state index >= 15 is 0 Å². The number of ether oxygens (including phenoxy) is 1. The Morgan fingerprint density at radius 2 is 2.18 bits per heavy atom. The quantitative estimate of drug-likeness (QED) is 0.353. The van der Waals surface area contributed by atoms with Crippen molar-refractivity contribution in [2.75, 3.05) is 6.61 Å². The van der Waals surface area contributed by atoms with E-state index in [4.69, 9.17) is 4.74 Å². The van der Waals surface area contributed by atoms with Crippen molar-refractivity contribution in [3.8, 4) is 0 Å². The zero-order valence-corrected chi connectivity index (χ0v) is 13.2. The lowest BCUT2D eigenvalue weighted by molar-refractivity contribution is 0.0898. The molecule has 2 aromatic heterocycles. The van der Waals surface area contributed by atoms with Gasteiger partial charge in [-0.2, -0.15) is 0 Å². The van der Waals surface area contributed by atoms with E-state index in [1.54, 1.807) is 12.7 Å². The van der Waals surface area contributed by atoms with Crippen molar-refractivity contribution in [3.05, 3.63) is 16.4 Å². The Kier molecular flexibility index (Phi) is 4.46. The van der Waals surface area contributed by atoms with Crippen LogP contribution < -0.4 is 0 Å². The van der Waals surface area contributed by atoms with Crippen molar-refractivity contribution < 1.29 is 4.74 Å². The first-order chi connectivity index (χ1) is 8.18. The highest BCUT2D eigenvalue weighted by Crippen LogP contribution is 2.14. The molecule has 2 heterocycles. The van der Waals surface area contributed by atoms with E-state index in [-0.39, 0.29) is 0 Å². The van der Waals surface area contributed by atoms with E-state index < -0.39 is 8.80 Å². The molecule has 0 bridgehead atoms. The highest BCUT2D eigenvalue weighted by molar-refractivity contribution is 14.1. The summed E-state index contributed by atoms with van der Waals surface area (Å²) < 4.78 is 8.43. The third kappa shape index (κ3) is 3.23. The van der Waals surface area contributed by atoms with Crippen molar-refractivity contribution in [1.82, 2.24) is 19.5 Å². The van der Waals surface area contributed by atoms with Crippen LogP contribution in [0, 0.1) is 3.70 Å². The molecule has 0 atom stereocenters. The third-order valence-corrected chi connectivity index (χ3v) is 4.61. The van der Waals surface area contributed by atoms with Crippen LogP contribution in [-0.4, -0.2) is 34.9 Å². The van der Waals surface area contributed by atoms with E-state index in [1.807, 2.05) is 4.57 Å². The summed E-state index contributed by atoms with van der Waals surface area (Å²) >= 11 is 2.16. The van der Waals surface area contributed by atoms with Gasteiger partial charge in [-0.15, -0.1) is 0 Å². The average Bonchev–Trinajstić information content (AvgIpc) is 2.69. The molecule has 0 aliphatic heterocycles. The molecule has 0 spiro atoms. The monoisotopic (exact) mass is 362 g/mol. The molecule has 7 heteroatoms. The lowest BCUT2D eigenvalue weighted by Crippen LogP contribution is -2.08. The molecule has 0 radical (unpaired) electrons. The molecule has 0 aromatic carbocycles. The fraction of sp³-hybridized carbons (Fsp3) is 0.500. The van der Waals surface area contributed by atoms with Crippen LogP contribution in [0.5, 0.6) is 0 Å². The maximum Gasteiger partial charge on any atom is 0.166 e. The van der Waals surface area contributed by atoms with E-state index in [9.17, 15) is 0 Å². The topological polar surface area (TPSA) is 52.8 Å². The maximum absolute atomic E-state index is 5.63. The summed E-state index contributed by atoms with van der Waals surface area (Å²) in [5.41, 5.74) is 1.68. The summed E-state index contributed by atoms with van der Waals surface area (Å²) in [6.45, 7) is 5.99. The van der Waals surface area contributed by atoms with Gasteiger partial charge in [0.05, 0.1) is 6.33 Å². The van der Waals surface area contributed by atoms with Gasteiger partial charge in [0.2, 0.25) is 0 Å². The molecular formula is C10H15IN4OSi. The second kappa shape index (κ2) is 5.87. The molecule has 0 unspecified atom stereocenters. The van der Waals surface area contributed by atoms with Crippen molar-refractivity contribution in [1.29, 1.82) is 0 Å². The molecule has 0 saturated carbocycles. The fourth-order valence-corrected chi connectivity index (χ4v) is 2.57. The Bertz CT molecular complexity index is 502. The summed E-state index contributed by atoms with van der Waals surface area (Å²) in [6, 6.07) is 1.21. The zero-order valence-electron chi connectivity index (χ0n) is 9.93. The Morgan fingerprint density at radius 3 is 2.94 bits per heavy atom. The van der Waals surface area contributed by atoms with Gasteiger partial charge in [-0.25, -0.2) is 15.0 Å². The first kappa shape index (κ1) is 12.9.